The molecule has 0 saturated carbocycles. The Morgan fingerprint density at radius 1 is 1.24 bits per heavy atom. The molecule has 0 saturated heterocycles. The van der Waals surface area contributed by atoms with Crippen LogP contribution in [0.15, 0.2) is 12.4 Å². The first-order chi connectivity index (χ1) is 8.22. The van der Waals surface area contributed by atoms with E-state index in [1.54, 1.807) is 6.20 Å². The second-order valence-corrected chi connectivity index (χ2v) is 4.06. The Morgan fingerprint density at radius 2 is 2.12 bits per heavy atom. The second kappa shape index (κ2) is 3.85. The Morgan fingerprint density at radius 3 is 2.94 bits per heavy atom. The minimum Gasteiger partial charge on any atom is -0.368 e. The Kier molecular flexibility index (Phi) is 2.32. The van der Waals surface area contributed by atoms with E-state index in [-0.39, 0.29) is 11.2 Å². The molecule has 0 amide bonds. The second-order valence-electron chi connectivity index (χ2n) is 3.72. The van der Waals surface area contributed by atoms with Crippen molar-refractivity contribution in [2.45, 2.75) is 13.1 Å². The van der Waals surface area contributed by atoms with Crippen molar-refractivity contribution in [3.8, 4) is 0 Å². The van der Waals surface area contributed by atoms with Crippen molar-refractivity contribution < 1.29 is 0 Å². The summed E-state index contributed by atoms with van der Waals surface area (Å²) < 4.78 is 2.10. The fraction of sp³-hybridized carbons (Fsp3) is 0.333. The van der Waals surface area contributed by atoms with Gasteiger partial charge in [0.1, 0.15) is 5.82 Å². The van der Waals surface area contributed by atoms with E-state index >= 15 is 0 Å². The maximum atomic E-state index is 5.76. The van der Waals surface area contributed by atoms with Crippen LogP contribution >= 0.6 is 11.6 Å². The predicted molar refractivity (Wildman–Crippen MR) is 62.5 cm³/mol. The highest BCUT2D eigenvalue weighted by atomic mass is 35.5. The van der Waals surface area contributed by atoms with E-state index in [9.17, 15) is 0 Å². The highest BCUT2D eigenvalue weighted by molar-refractivity contribution is 6.28. The number of imidazole rings is 1. The lowest BCUT2D eigenvalue weighted by molar-refractivity contribution is 0.551. The van der Waals surface area contributed by atoms with Crippen LogP contribution in [0.4, 0.5) is 11.9 Å². The summed E-state index contributed by atoms with van der Waals surface area (Å²) in [5.74, 6) is 1.61. The maximum Gasteiger partial charge on any atom is 0.231 e. The summed E-state index contributed by atoms with van der Waals surface area (Å²) in [5.41, 5.74) is 5.55. The van der Waals surface area contributed by atoms with E-state index in [2.05, 4.69) is 24.5 Å². The van der Waals surface area contributed by atoms with Gasteiger partial charge in [0.2, 0.25) is 17.2 Å². The van der Waals surface area contributed by atoms with E-state index in [1.165, 1.54) is 0 Å². The molecule has 0 atom stereocenters. The monoisotopic (exact) mass is 251 g/mol. The van der Waals surface area contributed by atoms with Gasteiger partial charge in [0.15, 0.2) is 0 Å². The third-order valence-electron chi connectivity index (χ3n) is 2.64. The zero-order chi connectivity index (χ0) is 11.8. The molecular weight excluding hydrogens is 242 g/mol. The van der Waals surface area contributed by atoms with Crippen molar-refractivity contribution in [3.63, 3.8) is 0 Å². The summed E-state index contributed by atoms with van der Waals surface area (Å²) in [6.07, 6.45) is 3.75. The number of rotatable bonds is 1. The highest BCUT2D eigenvalue weighted by Gasteiger charge is 2.19. The van der Waals surface area contributed by atoms with Gasteiger partial charge in [0.05, 0.1) is 6.54 Å². The van der Waals surface area contributed by atoms with Crippen molar-refractivity contribution >= 4 is 23.5 Å². The Hall–Kier alpha value is -1.89. The van der Waals surface area contributed by atoms with Gasteiger partial charge in [0, 0.05) is 25.5 Å². The van der Waals surface area contributed by atoms with Crippen LogP contribution in [-0.2, 0) is 13.1 Å². The van der Waals surface area contributed by atoms with E-state index < -0.39 is 0 Å². The quantitative estimate of drug-likeness (QED) is 0.786. The van der Waals surface area contributed by atoms with Crippen molar-refractivity contribution in [1.29, 1.82) is 0 Å². The van der Waals surface area contributed by atoms with Gasteiger partial charge in [-0.05, 0) is 11.6 Å². The molecule has 0 bridgehead atoms. The number of anilines is 2. The van der Waals surface area contributed by atoms with Crippen LogP contribution in [0.25, 0.3) is 0 Å². The van der Waals surface area contributed by atoms with Crippen LogP contribution in [0.3, 0.4) is 0 Å². The normalized spacial score (nSPS) is 14.8. The zero-order valence-electron chi connectivity index (χ0n) is 8.91. The van der Waals surface area contributed by atoms with Crippen LogP contribution in [0.1, 0.15) is 5.82 Å². The summed E-state index contributed by atoms with van der Waals surface area (Å²) in [5, 5.41) is 0.112. The van der Waals surface area contributed by atoms with Gasteiger partial charge < -0.3 is 15.2 Å². The van der Waals surface area contributed by atoms with Gasteiger partial charge >= 0.3 is 0 Å². The average Bonchev–Trinajstić information content (AvgIpc) is 2.74. The topological polar surface area (TPSA) is 85.8 Å². The largest absolute Gasteiger partial charge is 0.368 e. The van der Waals surface area contributed by atoms with Gasteiger partial charge in [0.25, 0.3) is 0 Å². The summed E-state index contributed by atoms with van der Waals surface area (Å²) >= 11 is 5.76. The Balaban J connectivity index is 1.91. The first-order valence-corrected chi connectivity index (χ1v) is 5.52. The van der Waals surface area contributed by atoms with Gasteiger partial charge in [-0.3, -0.25) is 0 Å². The fourth-order valence-electron chi connectivity index (χ4n) is 1.84. The molecule has 17 heavy (non-hydrogen) atoms. The Bertz CT molecular complexity index is 532. The molecule has 0 spiro atoms. The minimum absolute atomic E-state index is 0.112. The number of nitrogen functional groups attached to an aromatic ring is 1. The predicted octanol–water partition coefficient (Wildman–Crippen LogP) is 0.324. The molecule has 0 aliphatic carbocycles. The third-order valence-corrected chi connectivity index (χ3v) is 2.81. The SMILES string of the molecule is Nc1nc(Cl)nc(N2CCn3ccnc3C2)n1. The number of fused-ring (bicyclic) bond motifs is 1. The van der Waals surface area contributed by atoms with E-state index in [1.807, 2.05) is 11.1 Å². The highest BCUT2D eigenvalue weighted by Crippen LogP contribution is 2.17. The lowest BCUT2D eigenvalue weighted by Gasteiger charge is -2.27. The van der Waals surface area contributed by atoms with Crippen molar-refractivity contribution in [1.82, 2.24) is 24.5 Å². The van der Waals surface area contributed by atoms with Gasteiger partial charge in [-0.1, -0.05) is 0 Å². The third kappa shape index (κ3) is 1.89. The first kappa shape index (κ1) is 10.3. The van der Waals surface area contributed by atoms with Crippen LogP contribution in [-0.4, -0.2) is 31.0 Å². The van der Waals surface area contributed by atoms with Crippen molar-refractivity contribution in [2.24, 2.45) is 0 Å². The van der Waals surface area contributed by atoms with Gasteiger partial charge in [-0.25, -0.2) is 4.98 Å². The van der Waals surface area contributed by atoms with E-state index in [0.29, 0.717) is 12.5 Å². The van der Waals surface area contributed by atoms with Crippen LogP contribution < -0.4 is 10.6 Å². The molecule has 1 aliphatic heterocycles. The molecule has 2 aromatic rings. The molecule has 0 fully saturated rings. The average molecular weight is 252 g/mol. The number of halogens is 1. The van der Waals surface area contributed by atoms with Gasteiger partial charge in [-0.15, -0.1) is 0 Å². The number of aromatic nitrogens is 5. The molecule has 1 aliphatic rings. The maximum absolute atomic E-state index is 5.76. The number of hydrogen-bond donors (Lipinski definition) is 1. The number of nitrogens with two attached hydrogens (primary N) is 1. The smallest absolute Gasteiger partial charge is 0.231 e. The van der Waals surface area contributed by atoms with E-state index in [4.69, 9.17) is 17.3 Å². The molecule has 3 heterocycles. The summed E-state index contributed by atoms with van der Waals surface area (Å²) in [6.45, 7) is 2.29. The molecule has 3 rings (SSSR count). The summed E-state index contributed by atoms with van der Waals surface area (Å²) in [4.78, 5) is 18.1. The van der Waals surface area contributed by atoms with Crippen molar-refractivity contribution in [3.05, 3.63) is 23.5 Å². The van der Waals surface area contributed by atoms with Crippen LogP contribution in [0, 0.1) is 0 Å². The molecule has 88 valence electrons. The standard InChI is InChI=1S/C9H10ClN7/c10-7-13-8(11)15-9(14-7)17-4-3-16-2-1-12-6(16)5-17/h1-2H,3-5H2,(H2,11,13,14,15). The number of hydrogen-bond acceptors (Lipinski definition) is 6. The molecule has 0 aromatic carbocycles. The molecular formula is C9H10ClN7. The molecule has 2 N–H and O–H groups in total. The van der Waals surface area contributed by atoms with Gasteiger partial charge in [-0.2, -0.15) is 15.0 Å². The fourth-order valence-corrected chi connectivity index (χ4v) is 2.00. The lowest BCUT2D eigenvalue weighted by Crippen LogP contribution is -2.35. The molecule has 2 aromatic heterocycles. The molecule has 0 unspecified atom stereocenters. The summed E-state index contributed by atoms with van der Waals surface area (Å²) in [6, 6.07) is 0. The van der Waals surface area contributed by atoms with Crippen LogP contribution in [0.2, 0.25) is 5.28 Å². The first-order valence-electron chi connectivity index (χ1n) is 5.14. The number of nitrogens with zero attached hydrogens (tertiary/aromatic N) is 6. The molecule has 8 heteroatoms. The van der Waals surface area contributed by atoms with Crippen LogP contribution in [0.5, 0.6) is 0 Å². The summed E-state index contributed by atoms with van der Waals surface area (Å²) in [7, 11) is 0. The van der Waals surface area contributed by atoms with E-state index in [0.717, 1.165) is 18.9 Å². The molecule has 0 radical (unpaired) electrons. The Labute approximate surface area is 102 Å². The molecule has 7 nitrogen and oxygen atoms in total. The zero-order valence-corrected chi connectivity index (χ0v) is 9.67. The van der Waals surface area contributed by atoms with Crippen molar-refractivity contribution in [2.75, 3.05) is 17.2 Å². The lowest BCUT2D eigenvalue weighted by atomic mass is 10.4. The minimum atomic E-state index is 0.112.